The number of aromatic amines is 1. The van der Waals surface area contributed by atoms with E-state index in [1.165, 1.54) is 16.5 Å². The molecule has 0 atom stereocenters. The van der Waals surface area contributed by atoms with Crippen LogP contribution in [0.4, 0.5) is 0 Å². The van der Waals surface area contributed by atoms with Crippen LogP contribution in [-0.2, 0) is 13.0 Å². The molecule has 0 spiro atoms. The van der Waals surface area contributed by atoms with Crippen molar-refractivity contribution in [1.82, 2.24) is 20.4 Å². The lowest BCUT2D eigenvalue weighted by atomic mass is 10.2. The summed E-state index contributed by atoms with van der Waals surface area (Å²) in [5.74, 6) is 1.37. The van der Waals surface area contributed by atoms with E-state index in [1.54, 1.807) is 0 Å². The van der Waals surface area contributed by atoms with E-state index in [-0.39, 0.29) is 0 Å². The smallest absolute Gasteiger partial charge is 0.227 e. The molecule has 0 saturated carbocycles. The number of hydrogen-bond acceptors (Lipinski definition) is 4. The van der Waals surface area contributed by atoms with E-state index < -0.39 is 0 Å². The van der Waals surface area contributed by atoms with E-state index in [0.29, 0.717) is 11.7 Å². The zero-order valence-corrected chi connectivity index (χ0v) is 10.8. The maximum atomic E-state index is 5.06. The maximum Gasteiger partial charge on any atom is 0.227 e. The van der Waals surface area contributed by atoms with Crippen molar-refractivity contribution >= 4 is 10.9 Å². The molecule has 98 valence electrons. The molecule has 3 rings (SSSR count). The van der Waals surface area contributed by atoms with Gasteiger partial charge in [-0.2, -0.15) is 4.98 Å². The van der Waals surface area contributed by atoms with E-state index >= 15 is 0 Å². The van der Waals surface area contributed by atoms with Gasteiger partial charge in [-0.25, -0.2) is 0 Å². The third-order valence-corrected chi connectivity index (χ3v) is 3.08. The molecule has 2 N–H and O–H groups in total. The van der Waals surface area contributed by atoms with Crippen LogP contribution in [0, 0.1) is 6.92 Å². The van der Waals surface area contributed by atoms with Gasteiger partial charge in [-0.15, -0.1) is 0 Å². The first-order chi connectivity index (χ1) is 9.33. The standard InChI is InChI=1S/C14H16N4O/c1-10-17-14(19-18-10)6-7-15-8-11-9-16-13-5-3-2-4-12(11)13/h2-5,9,15-16H,6-8H2,1H3. The van der Waals surface area contributed by atoms with Crippen molar-refractivity contribution in [3.63, 3.8) is 0 Å². The van der Waals surface area contributed by atoms with Gasteiger partial charge < -0.3 is 14.8 Å². The highest BCUT2D eigenvalue weighted by molar-refractivity contribution is 5.82. The number of hydrogen-bond donors (Lipinski definition) is 2. The van der Waals surface area contributed by atoms with Crippen molar-refractivity contribution in [3.8, 4) is 0 Å². The summed E-state index contributed by atoms with van der Waals surface area (Å²) in [6.45, 7) is 3.48. The molecule has 5 heteroatoms. The fraction of sp³-hybridized carbons (Fsp3) is 0.286. The Bertz CT molecular complexity index is 671. The predicted molar refractivity (Wildman–Crippen MR) is 72.7 cm³/mol. The molecular weight excluding hydrogens is 240 g/mol. The van der Waals surface area contributed by atoms with E-state index in [0.717, 1.165) is 19.5 Å². The molecule has 0 bridgehead atoms. The van der Waals surface area contributed by atoms with E-state index in [4.69, 9.17) is 4.52 Å². The highest BCUT2D eigenvalue weighted by Crippen LogP contribution is 2.17. The summed E-state index contributed by atoms with van der Waals surface area (Å²) in [7, 11) is 0. The Labute approximate surface area is 111 Å². The highest BCUT2D eigenvalue weighted by Gasteiger charge is 2.04. The second-order valence-corrected chi connectivity index (χ2v) is 4.52. The topological polar surface area (TPSA) is 66.7 Å². The highest BCUT2D eigenvalue weighted by atomic mass is 16.5. The Kier molecular flexibility index (Phi) is 3.29. The van der Waals surface area contributed by atoms with E-state index in [2.05, 4.69) is 44.8 Å². The van der Waals surface area contributed by atoms with Gasteiger partial charge in [-0.05, 0) is 18.6 Å². The summed E-state index contributed by atoms with van der Waals surface area (Å²) in [5.41, 5.74) is 2.45. The number of benzene rings is 1. The van der Waals surface area contributed by atoms with Crippen molar-refractivity contribution < 1.29 is 4.52 Å². The number of aryl methyl sites for hydroxylation is 1. The summed E-state index contributed by atoms with van der Waals surface area (Å²) in [4.78, 5) is 7.44. The number of rotatable bonds is 5. The Balaban J connectivity index is 1.55. The van der Waals surface area contributed by atoms with Crippen molar-refractivity contribution in [2.45, 2.75) is 19.9 Å². The lowest BCUT2D eigenvalue weighted by Gasteiger charge is -2.01. The molecule has 0 saturated heterocycles. The van der Waals surface area contributed by atoms with Crippen LogP contribution in [0.3, 0.4) is 0 Å². The SMILES string of the molecule is Cc1noc(CCNCc2c[nH]c3ccccc23)n1. The normalized spacial score (nSPS) is 11.2. The van der Waals surface area contributed by atoms with Crippen LogP contribution in [-0.4, -0.2) is 21.7 Å². The zero-order valence-electron chi connectivity index (χ0n) is 10.8. The van der Waals surface area contributed by atoms with Gasteiger partial charge in [0.2, 0.25) is 5.89 Å². The molecule has 1 aromatic carbocycles. The second-order valence-electron chi connectivity index (χ2n) is 4.52. The number of H-pyrrole nitrogens is 1. The quantitative estimate of drug-likeness (QED) is 0.687. The molecule has 0 aliphatic carbocycles. The monoisotopic (exact) mass is 256 g/mol. The van der Waals surface area contributed by atoms with E-state index in [9.17, 15) is 0 Å². The van der Waals surface area contributed by atoms with Gasteiger partial charge in [0.05, 0.1) is 0 Å². The maximum absolute atomic E-state index is 5.06. The van der Waals surface area contributed by atoms with Crippen LogP contribution in [0.2, 0.25) is 0 Å². The average Bonchev–Trinajstić information content (AvgIpc) is 3.02. The van der Waals surface area contributed by atoms with Crippen LogP contribution in [0.1, 0.15) is 17.3 Å². The van der Waals surface area contributed by atoms with Crippen LogP contribution in [0.5, 0.6) is 0 Å². The van der Waals surface area contributed by atoms with Gasteiger partial charge in [-0.1, -0.05) is 23.4 Å². The molecule has 0 amide bonds. The van der Waals surface area contributed by atoms with E-state index in [1.807, 2.05) is 13.0 Å². The van der Waals surface area contributed by atoms with Crippen molar-refractivity contribution in [3.05, 3.63) is 47.7 Å². The van der Waals surface area contributed by atoms with Gasteiger partial charge in [0.15, 0.2) is 5.82 Å². The summed E-state index contributed by atoms with van der Waals surface area (Å²) in [6, 6.07) is 8.30. The number of para-hydroxylation sites is 1. The number of aromatic nitrogens is 3. The van der Waals surface area contributed by atoms with Crippen LogP contribution in [0.15, 0.2) is 35.0 Å². The summed E-state index contributed by atoms with van der Waals surface area (Å²) in [6.07, 6.45) is 2.80. The van der Waals surface area contributed by atoms with Gasteiger partial charge in [-0.3, -0.25) is 0 Å². The summed E-state index contributed by atoms with van der Waals surface area (Å²) < 4.78 is 5.06. The molecule has 0 unspecified atom stereocenters. The third kappa shape index (κ3) is 2.66. The molecule has 5 nitrogen and oxygen atoms in total. The molecule has 2 heterocycles. The zero-order chi connectivity index (χ0) is 13.1. The van der Waals surface area contributed by atoms with Crippen molar-refractivity contribution in [2.75, 3.05) is 6.54 Å². The van der Waals surface area contributed by atoms with Crippen LogP contribution >= 0.6 is 0 Å². The lowest BCUT2D eigenvalue weighted by molar-refractivity contribution is 0.372. The fourth-order valence-electron chi connectivity index (χ4n) is 2.14. The minimum Gasteiger partial charge on any atom is -0.361 e. The number of fused-ring (bicyclic) bond motifs is 1. The molecule has 0 aliphatic heterocycles. The third-order valence-electron chi connectivity index (χ3n) is 3.08. The number of nitrogens with zero attached hydrogens (tertiary/aromatic N) is 2. The molecule has 3 aromatic rings. The minimum atomic E-state index is 0.684. The Hall–Kier alpha value is -2.14. The average molecular weight is 256 g/mol. The summed E-state index contributed by atoms with van der Waals surface area (Å²) >= 11 is 0. The van der Waals surface area contributed by atoms with Gasteiger partial charge >= 0.3 is 0 Å². The fourth-order valence-corrected chi connectivity index (χ4v) is 2.14. The lowest BCUT2D eigenvalue weighted by Crippen LogP contribution is -2.16. The largest absolute Gasteiger partial charge is 0.361 e. The molecule has 0 fully saturated rings. The summed E-state index contributed by atoms with van der Waals surface area (Å²) in [5, 5.41) is 8.42. The van der Waals surface area contributed by atoms with Gasteiger partial charge in [0.1, 0.15) is 0 Å². The van der Waals surface area contributed by atoms with Gasteiger partial charge in [0.25, 0.3) is 0 Å². The van der Waals surface area contributed by atoms with Gasteiger partial charge in [0, 0.05) is 36.6 Å². The number of nitrogens with one attached hydrogen (secondary N) is 2. The Morgan fingerprint density at radius 2 is 2.21 bits per heavy atom. The molecule has 0 radical (unpaired) electrons. The first-order valence-corrected chi connectivity index (χ1v) is 6.38. The Morgan fingerprint density at radius 3 is 3.05 bits per heavy atom. The predicted octanol–water partition coefficient (Wildman–Crippen LogP) is 2.19. The van der Waals surface area contributed by atoms with Crippen LogP contribution in [0.25, 0.3) is 10.9 Å². The van der Waals surface area contributed by atoms with Crippen molar-refractivity contribution in [2.24, 2.45) is 0 Å². The first kappa shape index (κ1) is 11.9. The second kappa shape index (κ2) is 5.24. The minimum absolute atomic E-state index is 0.684. The molecular formula is C14H16N4O. The van der Waals surface area contributed by atoms with Crippen molar-refractivity contribution in [1.29, 1.82) is 0 Å². The molecule has 0 aliphatic rings. The van der Waals surface area contributed by atoms with Crippen LogP contribution < -0.4 is 5.32 Å². The molecule has 19 heavy (non-hydrogen) atoms. The Morgan fingerprint density at radius 1 is 1.32 bits per heavy atom. The first-order valence-electron chi connectivity index (χ1n) is 6.38. The molecule has 2 aromatic heterocycles.